The van der Waals surface area contributed by atoms with Gasteiger partial charge in [-0.15, -0.1) is 0 Å². The molecule has 15 heavy (non-hydrogen) atoms. The number of hydrogen-bond acceptors (Lipinski definition) is 1. The molecule has 0 unspecified atom stereocenters. The van der Waals surface area contributed by atoms with E-state index < -0.39 is 0 Å². The number of fused-ring (bicyclic) bond motifs is 1. The number of anilines is 1. The lowest BCUT2D eigenvalue weighted by molar-refractivity contribution is 0.505. The van der Waals surface area contributed by atoms with Gasteiger partial charge in [0.1, 0.15) is 0 Å². The molecule has 0 radical (unpaired) electrons. The Morgan fingerprint density at radius 1 is 1.13 bits per heavy atom. The predicted octanol–water partition coefficient (Wildman–Crippen LogP) is 3.65. The van der Waals surface area contributed by atoms with Crippen molar-refractivity contribution in [3.63, 3.8) is 0 Å². The Hall–Kier alpha value is -0.980. The summed E-state index contributed by atoms with van der Waals surface area (Å²) in [5.41, 5.74) is 2.99. The van der Waals surface area contributed by atoms with E-state index in [2.05, 4.69) is 56.9 Å². The van der Waals surface area contributed by atoms with Crippen molar-refractivity contribution in [2.24, 2.45) is 5.92 Å². The third kappa shape index (κ3) is 1.75. The van der Waals surface area contributed by atoms with Gasteiger partial charge in [0.2, 0.25) is 0 Å². The van der Waals surface area contributed by atoms with Gasteiger partial charge in [-0.05, 0) is 31.4 Å². The highest BCUT2D eigenvalue weighted by Gasteiger charge is 2.31. The first-order valence-electron chi connectivity index (χ1n) is 5.97. The van der Waals surface area contributed by atoms with E-state index in [-0.39, 0.29) is 0 Å². The number of nitrogens with zero attached hydrogens (tertiary/aromatic N) is 1. The normalized spacial score (nSPS) is 20.1. The zero-order valence-corrected chi connectivity index (χ0v) is 10.2. The lowest BCUT2D eigenvalue weighted by Crippen LogP contribution is -2.30. The van der Waals surface area contributed by atoms with Crippen LogP contribution in [-0.2, 0) is 0 Å². The fourth-order valence-corrected chi connectivity index (χ4v) is 2.53. The number of hydrogen-bond donors (Lipinski definition) is 0. The molecule has 0 amide bonds. The summed E-state index contributed by atoms with van der Waals surface area (Å²) in [4.78, 5) is 2.53. The van der Waals surface area contributed by atoms with Crippen LogP contribution in [0.1, 0.15) is 39.2 Å². The smallest absolute Gasteiger partial charge is 0.0404 e. The topological polar surface area (TPSA) is 3.24 Å². The second kappa shape index (κ2) is 3.88. The predicted molar refractivity (Wildman–Crippen MR) is 66.5 cm³/mol. The van der Waals surface area contributed by atoms with E-state index in [1.54, 1.807) is 5.56 Å². The molecule has 1 aliphatic rings. The Morgan fingerprint density at radius 3 is 2.40 bits per heavy atom. The van der Waals surface area contributed by atoms with E-state index >= 15 is 0 Å². The van der Waals surface area contributed by atoms with Gasteiger partial charge in [-0.1, -0.05) is 32.0 Å². The van der Waals surface area contributed by atoms with Gasteiger partial charge in [-0.3, -0.25) is 0 Å². The summed E-state index contributed by atoms with van der Waals surface area (Å²) in [5, 5.41) is 0. The Morgan fingerprint density at radius 2 is 1.80 bits per heavy atom. The largest absolute Gasteiger partial charge is 0.368 e. The van der Waals surface area contributed by atoms with Crippen molar-refractivity contribution >= 4 is 5.69 Å². The molecule has 1 heterocycles. The van der Waals surface area contributed by atoms with E-state index in [0.717, 1.165) is 5.92 Å². The van der Waals surface area contributed by atoms with Crippen molar-refractivity contribution in [2.45, 2.75) is 39.7 Å². The highest BCUT2D eigenvalue weighted by atomic mass is 15.2. The Kier molecular flexibility index (Phi) is 2.72. The minimum absolute atomic E-state index is 0.606. The van der Waals surface area contributed by atoms with E-state index in [1.165, 1.54) is 12.2 Å². The molecule has 1 aromatic rings. The summed E-state index contributed by atoms with van der Waals surface area (Å²) in [7, 11) is 0. The first-order valence-corrected chi connectivity index (χ1v) is 5.97. The quantitative estimate of drug-likeness (QED) is 0.709. The van der Waals surface area contributed by atoms with Crippen molar-refractivity contribution < 1.29 is 0 Å². The molecule has 0 N–H and O–H groups in total. The molecular weight excluding hydrogens is 182 g/mol. The minimum Gasteiger partial charge on any atom is -0.368 e. The molecule has 0 saturated heterocycles. The molecule has 0 aliphatic carbocycles. The van der Waals surface area contributed by atoms with E-state index in [4.69, 9.17) is 0 Å². The first kappa shape index (κ1) is 10.5. The van der Waals surface area contributed by atoms with E-state index in [0.29, 0.717) is 12.0 Å². The summed E-state index contributed by atoms with van der Waals surface area (Å²) in [5.74, 6) is 1.44. The van der Waals surface area contributed by atoms with Gasteiger partial charge in [-0.2, -0.15) is 0 Å². The van der Waals surface area contributed by atoms with Gasteiger partial charge in [-0.25, -0.2) is 0 Å². The summed E-state index contributed by atoms with van der Waals surface area (Å²) < 4.78 is 0. The van der Waals surface area contributed by atoms with Gasteiger partial charge in [0.15, 0.2) is 0 Å². The molecule has 1 atom stereocenters. The fourth-order valence-electron chi connectivity index (χ4n) is 2.53. The van der Waals surface area contributed by atoms with Crippen molar-refractivity contribution in [1.82, 2.24) is 0 Å². The first-order chi connectivity index (χ1) is 7.11. The number of benzene rings is 1. The van der Waals surface area contributed by atoms with Crippen molar-refractivity contribution in [3.8, 4) is 0 Å². The summed E-state index contributed by atoms with van der Waals surface area (Å²) in [6.07, 6.45) is 0. The van der Waals surface area contributed by atoms with Crippen LogP contribution in [0.25, 0.3) is 0 Å². The lowest BCUT2D eigenvalue weighted by atomic mass is 9.90. The van der Waals surface area contributed by atoms with Crippen LogP contribution in [0.15, 0.2) is 24.3 Å². The zero-order valence-electron chi connectivity index (χ0n) is 10.2. The van der Waals surface area contributed by atoms with Crippen LogP contribution < -0.4 is 4.90 Å². The molecule has 2 rings (SSSR count). The molecule has 0 fully saturated rings. The van der Waals surface area contributed by atoms with Crippen molar-refractivity contribution in [2.75, 3.05) is 11.4 Å². The second-order valence-corrected chi connectivity index (χ2v) is 5.16. The third-order valence-electron chi connectivity index (χ3n) is 3.47. The molecule has 1 aliphatic heterocycles. The maximum Gasteiger partial charge on any atom is 0.0404 e. The van der Waals surface area contributed by atoms with Crippen molar-refractivity contribution in [1.29, 1.82) is 0 Å². The molecule has 0 spiro atoms. The molecule has 1 aromatic carbocycles. The molecule has 82 valence electrons. The van der Waals surface area contributed by atoms with Crippen LogP contribution in [0.2, 0.25) is 0 Å². The minimum atomic E-state index is 0.606. The maximum absolute atomic E-state index is 2.53. The lowest BCUT2D eigenvalue weighted by Gasteiger charge is -2.25. The van der Waals surface area contributed by atoms with E-state index in [1.807, 2.05) is 0 Å². The van der Waals surface area contributed by atoms with Gasteiger partial charge < -0.3 is 4.90 Å². The van der Waals surface area contributed by atoms with Crippen LogP contribution in [0.5, 0.6) is 0 Å². The number of para-hydroxylation sites is 1. The van der Waals surface area contributed by atoms with Crippen LogP contribution in [0.4, 0.5) is 5.69 Å². The van der Waals surface area contributed by atoms with Crippen molar-refractivity contribution in [3.05, 3.63) is 29.8 Å². The molecular formula is C14H21N. The standard InChI is InChI=1S/C14H21N/c1-10(2)13-9-15(11(3)4)14-8-6-5-7-12(13)14/h5-8,10-11,13H,9H2,1-4H3/t13-/m0/s1. The molecule has 1 nitrogen and oxygen atoms in total. The highest BCUT2D eigenvalue weighted by molar-refractivity contribution is 5.60. The Labute approximate surface area is 93.1 Å². The van der Waals surface area contributed by atoms with Gasteiger partial charge in [0.05, 0.1) is 0 Å². The van der Waals surface area contributed by atoms with E-state index in [9.17, 15) is 0 Å². The monoisotopic (exact) mass is 203 g/mol. The molecule has 0 bridgehead atoms. The maximum atomic E-state index is 2.53. The Balaban J connectivity index is 2.39. The van der Waals surface area contributed by atoms with Gasteiger partial charge in [0, 0.05) is 24.2 Å². The fraction of sp³-hybridized carbons (Fsp3) is 0.571. The molecule has 1 heteroatoms. The van der Waals surface area contributed by atoms with Crippen LogP contribution in [0.3, 0.4) is 0 Å². The van der Waals surface area contributed by atoms with Gasteiger partial charge >= 0.3 is 0 Å². The van der Waals surface area contributed by atoms with Crippen LogP contribution >= 0.6 is 0 Å². The van der Waals surface area contributed by atoms with Gasteiger partial charge in [0.25, 0.3) is 0 Å². The highest BCUT2D eigenvalue weighted by Crippen LogP contribution is 2.40. The SMILES string of the molecule is CC(C)[C@@H]1CN(C(C)C)c2ccccc21. The zero-order chi connectivity index (χ0) is 11.0. The number of rotatable bonds is 2. The average molecular weight is 203 g/mol. The Bertz CT molecular complexity index is 308. The second-order valence-electron chi connectivity index (χ2n) is 5.16. The average Bonchev–Trinajstić information content (AvgIpc) is 2.56. The summed E-state index contributed by atoms with van der Waals surface area (Å²) in [6, 6.07) is 9.48. The molecule has 0 saturated carbocycles. The summed E-state index contributed by atoms with van der Waals surface area (Å²) in [6.45, 7) is 10.4. The third-order valence-corrected chi connectivity index (χ3v) is 3.47. The molecule has 0 aromatic heterocycles. The van der Waals surface area contributed by atoms with Crippen LogP contribution in [0, 0.1) is 5.92 Å². The van der Waals surface area contributed by atoms with Crippen LogP contribution in [-0.4, -0.2) is 12.6 Å². The summed E-state index contributed by atoms with van der Waals surface area (Å²) >= 11 is 0.